The minimum absolute atomic E-state index is 0.207. The molecule has 0 bridgehead atoms. The Morgan fingerprint density at radius 3 is 2.86 bits per heavy atom. The maximum absolute atomic E-state index is 11.3. The molecule has 1 unspecified atom stereocenters. The lowest BCUT2D eigenvalue weighted by Crippen LogP contribution is -2.39. The van der Waals surface area contributed by atoms with Crippen LogP contribution < -0.4 is 4.90 Å². The number of carboxylic acid groups (broad SMARTS) is 1. The molecule has 0 spiro atoms. The molecular weight excluding hydrogens is 268 g/mol. The number of carboxylic acids is 1. The van der Waals surface area contributed by atoms with Crippen LogP contribution in [0.25, 0.3) is 10.8 Å². The Morgan fingerprint density at radius 2 is 2.14 bits per heavy atom. The highest BCUT2D eigenvalue weighted by molar-refractivity contribution is 6.06. The molecule has 1 aliphatic heterocycles. The van der Waals surface area contributed by atoms with Crippen molar-refractivity contribution in [3.8, 4) is 0 Å². The number of hydrogen-bond acceptors (Lipinski definition) is 4. The van der Waals surface area contributed by atoms with Crippen LogP contribution in [-0.2, 0) is 4.74 Å². The van der Waals surface area contributed by atoms with Crippen LogP contribution >= 0.6 is 0 Å². The molecule has 2 aromatic rings. The standard InChI is InChI=1S/C16H18N2O3/c1-21-11-5-4-8-18(10-11)15-13-7-3-2-6-12(13)14(9-17-15)16(19)20/h2-3,6-7,9,11H,4-5,8,10H2,1H3,(H,19,20). The number of aromatic nitrogens is 1. The van der Waals surface area contributed by atoms with Gasteiger partial charge in [-0.15, -0.1) is 0 Å². The van der Waals surface area contributed by atoms with Crippen molar-refractivity contribution in [1.82, 2.24) is 4.98 Å². The van der Waals surface area contributed by atoms with Crippen LogP contribution in [0.15, 0.2) is 30.5 Å². The Kier molecular flexibility index (Phi) is 3.75. The Balaban J connectivity index is 2.07. The van der Waals surface area contributed by atoms with E-state index in [9.17, 15) is 9.90 Å². The molecule has 5 heteroatoms. The molecule has 21 heavy (non-hydrogen) atoms. The van der Waals surface area contributed by atoms with Crippen molar-refractivity contribution in [3.63, 3.8) is 0 Å². The second kappa shape index (κ2) is 5.69. The predicted molar refractivity (Wildman–Crippen MR) is 80.9 cm³/mol. The Morgan fingerprint density at radius 1 is 1.38 bits per heavy atom. The average Bonchev–Trinajstić information content (AvgIpc) is 2.53. The van der Waals surface area contributed by atoms with E-state index in [0.29, 0.717) is 0 Å². The summed E-state index contributed by atoms with van der Waals surface area (Å²) in [6, 6.07) is 7.53. The molecular formula is C16H18N2O3. The summed E-state index contributed by atoms with van der Waals surface area (Å²) < 4.78 is 5.45. The molecule has 1 aliphatic rings. The lowest BCUT2D eigenvalue weighted by atomic mass is 10.0. The molecule has 5 nitrogen and oxygen atoms in total. The molecule has 3 rings (SSSR count). The highest BCUT2D eigenvalue weighted by atomic mass is 16.5. The van der Waals surface area contributed by atoms with E-state index in [1.807, 2.05) is 24.3 Å². The zero-order valence-electron chi connectivity index (χ0n) is 12.0. The van der Waals surface area contributed by atoms with Crippen LogP contribution in [0.4, 0.5) is 5.82 Å². The van der Waals surface area contributed by atoms with Gasteiger partial charge in [0.25, 0.3) is 0 Å². The van der Waals surface area contributed by atoms with Gasteiger partial charge < -0.3 is 14.7 Å². The molecule has 1 atom stereocenters. The fourth-order valence-electron chi connectivity index (χ4n) is 2.92. The van der Waals surface area contributed by atoms with Crippen LogP contribution in [-0.4, -0.2) is 42.4 Å². The minimum atomic E-state index is -0.946. The van der Waals surface area contributed by atoms with Gasteiger partial charge in [0.05, 0.1) is 11.7 Å². The molecule has 0 radical (unpaired) electrons. The average molecular weight is 286 g/mol. The van der Waals surface area contributed by atoms with E-state index in [-0.39, 0.29) is 11.7 Å². The number of ether oxygens (including phenoxy) is 1. The van der Waals surface area contributed by atoms with E-state index >= 15 is 0 Å². The molecule has 1 fully saturated rings. The summed E-state index contributed by atoms with van der Waals surface area (Å²) in [7, 11) is 1.73. The number of anilines is 1. The summed E-state index contributed by atoms with van der Waals surface area (Å²) in [4.78, 5) is 17.9. The van der Waals surface area contributed by atoms with Gasteiger partial charge in [-0.2, -0.15) is 0 Å². The first kappa shape index (κ1) is 13.8. The lowest BCUT2D eigenvalue weighted by Gasteiger charge is -2.33. The normalized spacial score (nSPS) is 18.9. The van der Waals surface area contributed by atoms with Gasteiger partial charge in [0.1, 0.15) is 5.82 Å². The number of rotatable bonds is 3. The van der Waals surface area contributed by atoms with Gasteiger partial charge in [0, 0.05) is 37.2 Å². The fourth-order valence-corrected chi connectivity index (χ4v) is 2.92. The van der Waals surface area contributed by atoms with Crippen molar-refractivity contribution >= 4 is 22.6 Å². The van der Waals surface area contributed by atoms with Gasteiger partial charge in [-0.1, -0.05) is 24.3 Å². The first-order valence-electron chi connectivity index (χ1n) is 7.09. The van der Waals surface area contributed by atoms with Crippen molar-refractivity contribution in [3.05, 3.63) is 36.0 Å². The summed E-state index contributed by atoms with van der Waals surface area (Å²) in [5, 5.41) is 10.9. The molecule has 2 heterocycles. The summed E-state index contributed by atoms with van der Waals surface area (Å²) in [5.41, 5.74) is 0.245. The summed E-state index contributed by atoms with van der Waals surface area (Å²) in [5.74, 6) is -0.101. The van der Waals surface area contributed by atoms with Crippen LogP contribution in [0.2, 0.25) is 0 Å². The predicted octanol–water partition coefficient (Wildman–Crippen LogP) is 2.55. The first-order valence-corrected chi connectivity index (χ1v) is 7.09. The Labute approximate surface area is 123 Å². The second-order valence-electron chi connectivity index (χ2n) is 5.29. The van der Waals surface area contributed by atoms with Gasteiger partial charge in [-0.25, -0.2) is 9.78 Å². The molecule has 0 aliphatic carbocycles. The Bertz CT molecular complexity index is 672. The van der Waals surface area contributed by atoms with Crippen molar-refractivity contribution in [2.75, 3.05) is 25.1 Å². The van der Waals surface area contributed by atoms with Crippen molar-refractivity contribution < 1.29 is 14.6 Å². The van der Waals surface area contributed by atoms with Gasteiger partial charge in [0.15, 0.2) is 0 Å². The number of piperidine rings is 1. The van der Waals surface area contributed by atoms with Crippen molar-refractivity contribution in [1.29, 1.82) is 0 Å². The highest BCUT2D eigenvalue weighted by Crippen LogP contribution is 2.29. The van der Waals surface area contributed by atoms with E-state index < -0.39 is 5.97 Å². The third-order valence-corrected chi connectivity index (χ3v) is 4.02. The van der Waals surface area contributed by atoms with E-state index in [2.05, 4.69) is 9.88 Å². The van der Waals surface area contributed by atoms with Gasteiger partial charge in [0.2, 0.25) is 0 Å². The van der Waals surface area contributed by atoms with E-state index in [1.54, 1.807) is 7.11 Å². The van der Waals surface area contributed by atoms with Crippen LogP contribution in [0, 0.1) is 0 Å². The van der Waals surface area contributed by atoms with Crippen molar-refractivity contribution in [2.45, 2.75) is 18.9 Å². The SMILES string of the molecule is COC1CCCN(c2ncc(C(=O)O)c3ccccc23)C1. The zero-order valence-corrected chi connectivity index (χ0v) is 12.0. The first-order chi connectivity index (χ1) is 10.2. The third kappa shape index (κ3) is 2.56. The zero-order chi connectivity index (χ0) is 14.8. The smallest absolute Gasteiger partial charge is 0.337 e. The van der Waals surface area contributed by atoms with E-state index in [0.717, 1.165) is 42.5 Å². The molecule has 0 amide bonds. The molecule has 1 aromatic heterocycles. The molecule has 0 saturated carbocycles. The Hall–Kier alpha value is -2.14. The van der Waals surface area contributed by atoms with Crippen LogP contribution in [0.5, 0.6) is 0 Å². The highest BCUT2D eigenvalue weighted by Gasteiger charge is 2.23. The minimum Gasteiger partial charge on any atom is -0.478 e. The lowest BCUT2D eigenvalue weighted by molar-refractivity contribution is 0.0698. The van der Waals surface area contributed by atoms with Gasteiger partial charge in [-0.3, -0.25) is 0 Å². The summed E-state index contributed by atoms with van der Waals surface area (Å²) >= 11 is 0. The quantitative estimate of drug-likeness (QED) is 0.939. The number of methoxy groups -OCH3 is 1. The number of pyridine rings is 1. The van der Waals surface area contributed by atoms with Crippen LogP contribution in [0.3, 0.4) is 0 Å². The maximum atomic E-state index is 11.3. The number of aromatic carboxylic acids is 1. The van der Waals surface area contributed by atoms with Crippen molar-refractivity contribution in [2.24, 2.45) is 0 Å². The monoisotopic (exact) mass is 286 g/mol. The number of carbonyl (C=O) groups is 1. The summed E-state index contributed by atoms with van der Waals surface area (Å²) in [6.45, 7) is 1.71. The fraction of sp³-hybridized carbons (Fsp3) is 0.375. The molecule has 1 N–H and O–H groups in total. The number of benzene rings is 1. The number of fused-ring (bicyclic) bond motifs is 1. The second-order valence-corrected chi connectivity index (χ2v) is 5.29. The number of nitrogens with zero attached hydrogens (tertiary/aromatic N) is 2. The van der Waals surface area contributed by atoms with E-state index in [1.165, 1.54) is 6.20 Å². The maximum Gasteiger partial charge on any atom is 0.337 e. The molecule has 1 aromatic carbocycles. The van der Waals surface area contributed by atoms with Crippen LogP contribution in [0.1, 0.15) is 23.2 Å². The summed E-state index contributed by atoms with van der Waals surface area (Å²) in [6.07, 6.45) is 3.77. The van der Waals surface area contributed by atoms with Gasteiger partial charge in [-0.05, 0) is 12.8 Å². The van der Waals surface area contributed by atoms with Gasteiger partial charge >= 0.3 is 5.97 Å². The number of hydrogen-bond donors (Lipinski definition) is 1. The topological polar surface area (TPSA) is 62.7 Å². The molecule has 110 valence electrons. The third-order valence-electron chi connectivity index (χ3n) is 4.02. The van der Waals surface area contributed by atoms with E-state index in [4.69, 9.17) is 4.74 Å². The molecule has 1 saturated heterocycles. The largest absolute Gasteiger partial charge is 0.478 e.